The summed E-state index contributed by atoms with van der Waals surface area (Å²) in [5, 5.41) is 2.66. The Balaban J connectivity index is 2.25. The first-order chi connectivity index (χ1) is 6.47. The van der Waals surface area contributed by atoms with Crippen molar-refractivity contribution in [3.63, 3.8) is 0 Å². The molecule has 1 aliphatic heterocycles. The fourth-order valence-electron chi connectivity index (χ4n) is 1.05. The smallest absolute Gasteiger partial charge is 0.408 e. The molecule has 1 aliphatic rings. The van der Waals surface area contributed by atoms with Gasteiger partial charge in [0.05, 0.1) is 19.3 Å². The van der Waals surface area contributed by atoms with Crippen LogP contribution in [0.15, 0.2) is 0 Å². The molecular weight excluding hydrogens is 186 g/mol. The van der Waals surface area contributed by atoms with E-state index in [0.29, 0.717) is 20.0 Å². The highest BCUT2D eigenvalue weighted by Crippen LogP contribution is 2.07. The standard InChI is InChI=1S/C9H17NO4/c1-9(2,3)14-8(11)10-7-4-12-6-13-5-7/h7H,4-6H2,1-3H3,(H,10,11). The van der Waals surface area contributed by atoms with Crippen LogP contribution in [0.3, 0.4) is 0 Å². The number of alkyl carbamates (subject to hydrolysis) is 1. The van der Waals surface area contributed by atoms with Crippen LogP contribution in [0.25, 0.3) is 0 Å². The van der Waals surface area contributed by atoms with E-state index >= 15 is 0 Å². The summed E-state index contributed by atoms with van der Waals surface area (Å²) in [6.07, 6.45) is -0.434. The van der Waals surface area contributed by atoms with Gasteiger partial charge in [-0.3, -0.25) is 0 Å². The predicted octanol–water partition coefficient (Wildman–Crippen LogP) is 0.884. The first-order valence-electron chi connectivity index (χ1n) is 4.62. The Labute approximate surface area is 83.7 Å². The van der Waals surface area contributed by atoms with Crippen LogP contribution in [0, 0.1) is 0 Å². The quantitative estimate of drug-likeness (QED) is 0.687. The van der Waals surface area contributed by atoms with E-state index in [1.54, 1.807) is 0 Å². The summed E-state index contributed by atoms with van der Waals surface area (Å²) >= 11 is 0. The zero-order valence-electron chi connectivity index (χ0n) is 8.83. The van der Waals surface area contributed by atoms with Crippen molar-refractivity contribution in [2.24, 2.45) is 0 Å². The summed E-state index contributed by atoms with van der Waals surface area (Å²) in [6, 6.07) is -0.112. The second-order valence-electron chi connectivity index (χ2n) is 4.20. The van der Waals surface area contributed by atoms with Gasteiger partial charge in [-0.2, -0.15) is 0 Å². The topological polar surface area (TPSA) is 56.8 Å². The van der Waals surface area contributed by atoms with Crippen molar-refractivity contribution >= 4 is 6.09 Å². The summed E-state index contributed by atoms with van der Waals surface area (Å²) in [5.41, 5.74) is -0.472. The van der Waals surface area contributed by atoms with Gasteiger partial charge in [-0.25, -0.2) is 4.79 Å². The van der Waals surface area contributed by atoms with E-state index in [0.717, 1.165) is 0 Å². The Morgan fingerprint density at radius 2 is 1.93 bits per heavy atom. The SMILES string of the molecule is CC(C)(C)OC(=O)NC1COCOC1. The molecule has 1 N–H and O–H groups in total. The molecular formula is C9H17NO4. The maximum atomic E-state index is 11.3. The summed E-state index contributed by atoms with van der Waals surface area (Å²) in [5.74, 6) is 0. The van der Waals surface area contributed by atoms with Crippen molar-refractivity contribution in [1.29, 1.82) is 0 Å². The van der Waals surface area contributed by atoms with Gasteiger partial charge in [0.25, 0.3) is 0 Å². The third-order valence-electron chi connectivity index (χ3n) is 1.53. The zero-order chi connectivity index (χ0) is 10.6. The van der Waals surface area contributed by atoms with Gasteiger partial charge in [0.2, 0.25) is 0 Å². The van der Waals surface area contributed by atoms with Crippen LogP contribution >= 0.6 is 0 Å². The van der Waals surface area contributed by atoms with E-state index < -0.39 is 11.7 Å². The molecule has 5 nitrogen and oxygen atoms in total. The molecule has 14 heavy (non-hydrogen) atoms. The first-order valence-corrected chi connectivity index (χ1v) is 4.62. The van der Waals surface area contributed by atoms with E-state index in [2.05, 4.69) is 5.32 Å². The summed E-state index contributed by atoms with van der Waals surface area (Å²) in [7, 11) is 0. The number of ether oxygens (including phenoxy) is 3. The fraction of sp³-hybridized carbons (Fsp3) is 0.889. The van der Waals surface area contributed by atoms with E-state index in [-0.39, 0.29) is 6.04 Å². The number of nitrogens with one attached hydrogen (secondary N) is 1. The number of hydrogen-bond donors (Lipinski definition) is 1. The van der Waals surface area contributed by atoms with E-state index in [1.807, 2.05) is 20.8 Å². The van der Waals surface area contributed by atoms with Crippen molar-refractivity contribution < 1.29 is 19.0 Å². The number of hydrogen-bond acceptors (Lipinski definition) is 4. The second-order valence-corrected chi connectivity index (χ2v) is 4.20. The van der Waals surface area contributed by atoms with E-state index in [9.17, 15) is 4.79 Å². The van der Waals surface area contributed by atoms with Crippen LogP contribution in [-0.2, 0) is 14.2 Å². The molecule has 0 aromatic rings. The van der Waals surface area contributed by atoms with Gasteiger partial charge in [0.1, 0.15) is 12.4 Å². The third-order valence-corrected chi connectivity index (χ3v) is 1.53. The number of carbonyl (C=O) groups excluding carboxylic acids is 1. The van der Waals surface area contributed by atoms with Crippen LogP contribution in [-0.4, -0.2) is 37.7 Å². The maximum absolute atomic E-state index is 11.3. The van der Waals surface area contributed by atoms with Crippen LogP contribution in [0.1, 0.15) is 20.8 Å². The Morgan fingerprint density at radius 1 is 1.36 bits per heavy atom. The molecule has 0 aromatic carbocycles. The van der Waals surface area contributed by atoms with E-state index in [4.69, 9.17) is 14.2 Å². The largest absolute Gasteiger partial charge is 0.444 e. The first kappa shape index (κ1) is 11.3. The maximum Gasteiger partial charge on any atom is 0.408 e. The van der Waals surface area contributed by atoms with Crippen molar-refractivity contribution in [2.45, 2.75) is 32.4 Å². The third kappa shape index (κ3) is 4.43. The minimum Gasteiger partial charge on any atom is -0.444 e. The van der Waals surface area contributed by atoms with Crippen molar-refractivity contribution in [3.8, 4) is 0 Å². The molecule has 0 spiro atoms. The molecule has 0 unspecified atom stereocenters. The molecule has 5 heteroatoms. The molecule has 0 radical (unpaired) electrons. The summed E-state index contributed by atoms with van der Waals surface area (Å²) in [4.78, 5) is 11.3. The van der Waals surface area contributed by atoms with E-state index in [1.165, 1.54) is 0 Å². The number of carbonyl (C=O) groups is 1. The lowest BCUT2D eigenvalue weighted by Gasteiger charge is -2.25. The molecule has 0 aliphatic carbocycles. The molecule has 82 valence electrons. The molecule has 1 heterocycles. The lowest BCUT2D eigenvalue weighted by Crippen LogP contribution is -2.46. The van der Waals surface area contributed by atoms with Crippen LogP contribution in [0.2, 0.25) is 0 Å². The highest BCUT2D eigenvalue weighted by atomic mass is 16.7. The Morgan fingerprint density at radius 3 is 2.43 bits per heavy atom. The van der Waals surface area contributed by atoms with Gasteiger partial charge in [0.15, 0.2) is 0 Å². The molecule has 0 atom stereocenters. The van der Waals surface area contributed by atoms with Gasteiger partial charge in [-0.05, 0) is 20.8 Å². The van der Waals surface area contributed by atoms with Gasteiger partial charge < -0.3 is 19.5 Å². The van der Waals surface area contributed by atoms with Crippen LogP contribution in [0.5, 0.6) is 0 Å². The van der Waals surface area contributed by atoms with Gasteiger partial charge in [0, 0.05) is 0 Å². The molecule has 1 fully saturated rings. The average molecular weight is 203 g/mol. The second kappa shape index (κ2) is 4.61. The summed E-state index contributed by atoms with van der Waals surface area (Å²) in [6.45, 7) is 6.70. The molecule has 0 aromatic heterocycles. The van der Waals surface area contributed by atoms with Gasteiger partial charge in [-0.15, -0.1) is 0 Å². The Kier molecular flexibility index (Phi) is 3.71. The van der Waals surface area contributed by atoms with Crippen molar-refractivity contribution in [2.75, 3.05) is 20.0 Å². The molecule has 1 rings (SSSR count). The highest BCUT2D eigenvalue weighted by molar-refractivity contribution is 5.68. The summed E-state index contributed by atoms with van der Waals surface area (Å²) < 4.78 is 15.1. The Bertz CT molecular complexity index is 193. The number of rotatable bonds is 1. The lowest BCUT2D eigenvalue weighted by atomic mass is 10.2. The average Bonchev–Trinajstić information content (AvgIpc) is 2.02. The molecule has 1 amide bonds. The minimum atomic E-state index is -0.472. The van der Waals surface area contributed by atoms with Crippen LogP contribution < -0.4 is 5.32 Å². The molecule has 0 saturated carbocycles. The van der Waals surface area contributed by atoms with Crippen molar-refractivity contribution in [3.05, 3.63) is 0 Å². The van der Waals surface area contributed by atoms with Crippen LogP contribution in [0.4, 0.5) is 4.79 Å². The van der Waals surface area contributed by atoms with Gasteiger partial charge in [-0.1, -0.05) is 0 Å². The lowest BCUT2D eigenvalue weighted by molar-refractivity contribution is -0.112. The molecule has 1 saturated heterocycles. The monoisotopic (exact) mass is 203 g/mol. The normalized spacial score (nSPS) is 19.1. The highest BCUT2D eigenvalue weighted by Gasteiger charge is 2.21. The van der Waals surface area contributed by atoms with Gasteiger partial charge >= 0.3 is 6.09 Å². The number of amides is 1. The Hall–Kier alpha value is -0.810. The fourth-order valence-corrected chi connectivity index (χ4v) is 1.05. The molecule has 0 bridgehead atoms. The zero-order valence-corrected chi connectivity index (χ0v) is 8.83. The minimum absolute atomic E-state index is 0.112. The predicted molar refractivity (Wildman–Crippen MR) is 49.9 cm³/mol. The van der Waals surface area contributed by atoms with Crippen molar-refractivity contribution in [1.82, 2.24) is 5.32 Å².